The van der Waals surface area contributed by atoms with Crippen LogP contribution < -0.4 is 0 Å². The van der Waals surface area contributed by atoms with Crippen LogP contribution in [0.5, 0.6) is 0 Å². The summed E-state index contributed by atoms with van der Waals surface area (Å²) in [6.07, 6.45) is 9.52. The Morgan fingerprint density at radius 3 is 0.848 bits per heavy atom. The van der Waals surface area contributed by atoms with Gasteiger partial charge < -0.3 is 30.7 Å². The summed E-state index contributed by atoms with van der Waals surface area (Å²) in [5.74, 6) is 0. The Hall–Kier alpha value is 0.588. The third kappa shape index (κ3) is 14.0. The Labute approximate surface area is 209 Å². The van der Waals surface area contributed by atoms with E-state index in [1.54, 1.807) is 42.7 Å². The van der Waals surface area contributed by atoms with Crippen molar-refractivity contribution in [3.8, 4) is 0 Å². The Kier molecular flexibility index (Phi) is 17.4. The predicted molar refractivity (Wildman–Crippen MR) is 146 cm³/mol. The average Bonchev–Trinajstić information content (AvgIpc) is 2.78. The average molecular weight is 543 g/mol. The van der Waals surface area contributed by atoms with Crippen molar-refractivity contribution >= 4 is 34.2 Å². The summed E-state index contributed by atoms with van der Waals surface area (Å²) in [7, 11) is 2.06. The zero-order valence-corrected chi connectivity index (χ0v) is 27.3. The second kappa shape index (κ2) is 17.1. The highest BCUT2D eigenvalue weighted by Gasteiger charge is 2.38. The molecule has 0 heterocycles. The van der Waals surface area contributed by atoms with Crippen molar-refractivity contribution in [1.82, 2.24) is 0 Å². The van der Waals surface area contributed by atoms with Crippen molar-refractivity contribution in [2.24, 2.45) is 0 Å². The number of rotatable bonds is 22. The summed E-state index contributed by atoms with van der Waals surface area (Å²) in [5, 5.41) is 0. The monoisotopic (exact) mass is 542 g/mol. The number of hydrogen-bond donors (Lipinski definition) is 0. The first-order valence-corrected chi connectivity index (χ1v) is 22.6. The summed E-state index contributed by atoms with van der Waals surface area (Å²) in [4.78, 5) is 0. The van der Waals surface area contributed by atoms with Crippen LogP contribution in [0.3, 0.4) is 0 Å². The summed E-state index contributed by atoms with van der Waals surface area (Å²) in [5.41, 5.74) is 0. The molecule has 0 atom stereocenters. The van der Waals surface area contributed by atoms with Gasteiger partial charge in [0, 0.05) is 54.7 Å². The first kappa shape index (κ1) is 33.6. The quantitative estimate of drug-likeness (QED) is 0.118. The SMILES string of the molecule is CO[Si](CCCCCC[Si](C)(C)O[Si](C)(C)CCCCCC[Si](OC)(OC)OC)(OC)OC. The molecule has 0 aliphatic rings. The molecule has 11 heteroatoms. The minimum Gasteiger partial charge on any atom is -0.455 e. The van der Waals surface area contributed by atoms with E-state index in [4.69, 9.17) is 30.7 Å². The lowest BCUT2D eigenvalue weighted by atomic mass is 10.2. The highest BCUT2D eigenvalue weighted by atomic mass is 28.4. The third-order valence-electron chi connectivity index (χ3n) is 6.44. The van der Waals surface area contributed by atoms with Gasteiger partial charge in [-0.25, -0.2) is 0 Å². The lowest BCUT2D eigenvalue weighted by Crippen LogP contribution is -2.44. The summed E-state index contributed by atoms with van der Waals surface area (Å²) < 4.78 is 39.9. The van der Waals surface area contributed by atoms with E-state index in [2.05, 4.69) is 26.2 Å². The highest BCUT2D eigenvalue weighted by molar-refractivity contribution is 6.84. The van der Waals surface area contributed by atoms with Gasteiger partial charge in [0.25, 0.3) is 0 Å². The molecule has 0 N–H and O–H groups in total. The molecule has 0 saturated heterocycles. The fourth-order valence-electron chi connectivity index (χ4n) is 4.45. The van der Waals surface area contributed by atoms with Crippen LogP contribution in [0.4, 0.5) is 0 Å². The molecular weight excluding hydrogens is 489 g/mol. The molecule has 0 saturated carbocycles. The fourth-order valence-corrected chi connectivity index (χ4v) is 17.0. The lowest BCUT2D eigenvalue weighted by molar-refractivity contribution is 0.122. The molecule has 33 heavy (non-hydrogen) atoms. The largest absolute Gasteiger partial charge is 0.500 e. The smallest absolute Gasteiger partial charge is 0.455 e. The van der Waals surface area contributed by atoms with Crippen LogP contribution in [0.15, 0.2) is 0 Å². The fraction of sp³-hybridized carbons (Fsp3) is 1.00. The van der Waals surface area contributed by atoms with Crippen molar-refractivity contribution in [2.75, 3.05) is 42.7 Å². The normalized spacial score (nSPS) is 13.6. The lowest BCUT2D eigenvalue weighted by Gasteiger charge is -2.34. The Bertz CT molecular complexity index is 429. The molecular formula is C22H54O7Si4. The highest BCUT2D eigenvalue weighted by Crippen LogP contribution is 2.27. The minimum atomic E-state index is -2.41. The topological polar surface area (TPSA) is 64.6 Å². The molecule has 0 aliphatic carbocycles. The molecule has 0 bridgehead atoms. The Morgan fingerprint density at radius 1 is 0.364 bits per heavy atom. The molecule has 0 aromatic carbocycles. The van der Waals surface area contributed by atoms with E-state index >= 15 is 0 Å². The number of hydrogen-bond acceptors (Lipinski definition) is 7. The van der Waals surface area contributed by atoms with Crippen molar-refractivity contribution in [3.05, 3.63) is 0 Å². The van der Waals surface area contributed by atoms with Crippen LogP contribution >= 0.6 is 0 Å². The van der Waals surface area contributed by atoms with E-state index in [1.807, 2.05) is 0 Å². The van der Waals surface area contributed by atoms with Crippen LogP contribution in [-0.4, -0.2) is 76.9 Å². The molecule has 0 radical (unpaired) electrons. The van der Waals surface area contributed by atoms with Gasteiger partial charge in [-0.3, -0.25) is 0 Å². The van der Waals surface area contributed by atoms with Gasteiger partial charge in [-0.15, -0.1) is 0 Å². The van der Waals surface area contributed by atoms with Gasteiger partial charge in [-0.2, -0.15) is 0 Å². The molecule has 7 nitrogen and oxygen atoms in total. The van der Waals surface area contributed by atoms with Crippen molar-refractivity contribution < 1.29 is 30.7 Å². The molecule has 0 spiro atoms. The van der Waals surface area contributed by atoms with Gasteiger partial charge in [0.2, 0.25) is 0 Å². The summed E-state index contributed by atoms with van der Waals surface area (Å²) in [6, 6.07) is 4.25. The van der Waals surface area contributed by atoms with Crippen molar-refractivity contribution in [3.63, 3.8) is 0 Å². The molecule has 0 aromatic heterocycles. The number of unbranched alkanes of at least 4 members (excludes halogenated alkanes) is 6. The molecule has 0 rings (SSSR count). The predicted octanol–water partition coefficient (Wildman–Crippen LogP) is 6.29. The van der Waals surface area contributed by atoms with Crippen LogP contribution in [0.25, 0.3) is 0 Å². The van der Waals surface area contributed by atoms with E-state index in [1.165, 1.54) is 50.6 Å². The van der Waals surface area contributed by atoms with Gasteiger partial charge in [0.05, 0.1) is 0 Å². The van der Waals surface area contributed by atoms with Crippen molar-refractivity contribution in [1.29, 1.82) is 0 Å². The van der Waals surface area contributed by atoms with Crippen LogP contribution in [0, 0.1) is 0 Å². The summed E-state index contributed by atoms with van der Waals surface area (Å²) >= 11 is 0. The molecule has 0 aliphatic heterocycles. The molecule has 0 aromatic rings. The summed E-state index contributed by atoms with van der Waals surface area (Å²) in [6.45, 7) is 9.58. The van der Waals surface area contributed by atoms with E-state index in [0.717, 1.165) is 24.9 Å². The zero-order valence-electron chi connectivity index (χ0n) is 23.3. The van der Waals surface area contributed by atoms with Gasteiger partial charge in [0.15, 0.2) is 16.6 Å². The molecule has 0 fully saturated rings. The zero-order chi connectivity index (χ0) is 25.4. The molecule has 0 amide bonds. The second-order valence-corrected chi connectivity index (χ2v) is 25.1. The van der Waals surface area contributed by atoms with Gasteiger partial charge in [0.1, 0.15) is 0 Å². The molecule has 0 unspecified atom stereocenters. The maximum absolute atomic E-state index is 6.82. The Balaban J connectivity index is 4.11. The van der Waals surface area contributed by atoms with E-state index in [9.17, 15) is 0 Å². The van der Waals surface area contributed by atoms with Crippen LogP contribution in [0.2, 0.25) is 50.4 Å². The van der Waals surface area contributed by atoms with Crippen LogP contribution in [-0.2, 0) is 30.7 Å². The minimum absolute atomic E-state index is 0.888. The van der Waals surface area contributed by atoms with E-state index < -0.39 is 34.2 Å². The first-order valence-electron chi connectivity index (χ1n) is 12.5. The Morgan fingerprint density at radius 2 is 0.606 bits per heavy atom. The van der Waals surface area contributed by atoms with E-state index in [-0.39, 0.29) is 0 Å². The van der Waals surface area contributed by atoms with Crippen LogP contribution in [0.1, 0.15) is 51.4 Å². The van der Waals surface area contributed by atoms with Gasteiger partial charge in [-0.05, 0) is 51.1 Å². The van der Waals surface area contributed by atoms with Crippen molar-refractivity contribution in [2.45, 2.75) is 102 Å². The standard InChI is InChI=1S/C22H54O7Si4/c1-23-32(24-2,25-3)21-17-13-11-15-19-30(7,8)29-31(9,10)20-16-12-14-18-22-33(26-4,27-5)28-6/h11-22H2,1-10H3. The van der Waals surface area contributed by atoms with Gasteiger partial charge >= 0.3 is 17.6 Å². The van der Waals surface area contributed by atoms with Gasteiger partial charge in [-0.1, -0.05) is 38.5 Å². The maximum Gasteiger partial charge on any atom is 0.500 e. The second-order valence-electron chi connectivity index (χ2n) is 10.0. The maximum atomic E-state index is 6.82. The first-order chi connectivity index (χ1) is 15.5. The van der Waals surface area contributed by atoms with E-state index in [0.29, 0.717) is 0 Å². The molecule has 200 valence electrons. The third-order valence-corrected chi connectivity index (χ3v) is 19.6.